The Morgan fingerprint density at radius 3 is 2.81 bits per heavy atom. The van der Waals surface area contributed by atoms with Gasteiger partial charge in [0.25, 0.3) is 0 Å². The summed E-state index contributed by atoms with van der Waals surface area (Å²) < 4.78 is 5.57. The van der Waals surface area contributed by atoms with Crippen LogP contribution in [0.4, 0.5) is 0 Å². The zero-order chi connectivity index (χ0) is 11.4. The van der Waals surface area contributed by atoms with E-state index in [0.717, 1.165) is 31.5 Å². The standard InChI is InChI=1S/C13H26N2O/c1-10-3-5-15-13(7-10)9-14-8-12-4-6-16-11(12)2/h10-15H,3-9H2,1-2H3. The molecule has 3 heteroatoms. The maximum atomic E-state index is 5.57. The molecule has 2 heterocycles. The van der Waals surface area contributed by atoms with E-state index in [1.807, 2.05) is 0 Å². The molecule has 3 nitrogen and oxygen atoms in total. The van der Waals surface area contributed by atoms with Gasteiger partial charge < -0.3 is 15.4 Å². The average Bonchev–Trinajstić information content (AvgIpc) is 2.65. The number of nitrogens with one attached hydrogen (secondary N) is 2. The molecule has 0 aromatic carbocycles. The number of piperidine rings is 1. The van der Waals surface area contributed by atoms with Gasteiger partial charge in [0.05, 0.1) is 6.10 Å². The van der Waals surface area contributed by atoms with Gasteiger partial charge in [0.15, 0.2) is 0 Å². The van der Waals surface area contributed by atoms with Crippen molar-refractivity contribution in [3.63, 3.8) is 0 Å². The van der Waals surface area contributed by atoms with Gasteiger partial charge in [-0.2, -0.15) is 0 Å². The Kier molecular flexibility index (Phi) is 4.62. The molecule has 16 heavy (non-hydrogen) atoms. The molecule has 2 saturated heterocycles. The van der Waals surface area contributed by atoms with E-state index in [9.17, 15) is 0 Å². The largest absolute Gasteiger partial charge is 0.378 e. The summed E-state index contributed by atoms with van der Waals surface area (Å²) in [5, 5.41) is 7.20. The SMILES string of the molecule is CC1CCNC(CNCC2CCOC2C)C1. The van der Waals surface area contributed by atoms with Crippen molar-refractivity contribution in [1.82, 2.24) is 10.6 Å². The molecular weight excluding hydrogens is 200 g/mol. The van der Waals surface area contributed by atoms with Crippen LogP contribution in [0.15, 0.2) is 0 Å². The Bertz CT molecular complexity index is 210. The second kappa shape index (κ2) is 5.99. The topological polar surface area (TPSA) is 33.3 Å². The third-order valence-electron chi connectivity index (χ3n) is 4.09. The summed E-state index contributed by atoms with van der Waals surface area (Å²) in [6.45, 7) is 8.94. The molecule has 0 aromatic rings. The molecule has 4 atom stereocenters. The van der Waals surface area contributed by atoms with E-state index in [4.69, 9.17) is 4.74 Å². The minimum Gasteiger partial charge on any atom is -0.378 e. The molecule has 2 aliphatic heterocycles. The first-order valence-electron chi connectivity index (χ1n) is 6.81. The molecule has 2 rings (SSSR count). The number of hydrogen-bond donors (Lipinski definition) is 2. The van der Waals surface area contributed by atoms with Crippen molar-refractivity contribution in [2.45, 2.75) is 45.3 Å². The highest BCUT2D eigenvalue weighted by atomic mass is 16.5. The predicted octanol–water partition coefficient (Wildman–Crippen LogP) is 1.39. The summed E-state index contributed by atoms with van der Waals surface area (Å²) in [7, 11) is 0. The van der Waals surface area contributed by atoms with Crippen molar-refractivity contribution in [2.24, 2.45) is 11.8 Å². The first-order valence-corrected chi connectivity index (χ1v) is 6.81. The lowest BCUT2D eigenvalue weighted by Crippen LogP contribution is -2.45. The van der Waals surface area contributed by atoms with Crippen LogP contribution in [-0.2, 0) is 4.74 Å². The molecule has 2 fully saturated rings. The monoisotopic (exact) mass is 226 g/mol. The molecule has 0 radical (unpaired) electrons. The van der Waals surface area contributed by atoms with E-state index >= 15 is 0 Å². The van der Waals surface area contributed by atoms with Crippen molar-refractivity contribution in [2.75, 3.05) is 26.2 Å². The van der Waals surface area contributed by atoms with E-state index in [0.29, 0.717) is 12.1 Å². The molecule has 94 valence electrons. The molecule has 2 N–H and O–H groups in total. The van der Waals surface area contributed by atoms with Crippen molar-refractivity contribution >= 4 is 0 Å². The third kappa shape index (κ3) is 3.44. The molecule has 0 saturated carbocycles. The van der Waals surface area contributed by atoms with Crippen LogP contribution >= 0.6 is 0 Å². The third-order valence-corrected chi connectivity index (χ3v) is 4.09. The Hall–Kier alpha value is -0.120. The minimum absolute atomic E-state index is 0.450. The Balaban J connectivity index is 1.60. The second-order valence-electron chi connectivity index (χ2n) is 5.56. The first-order chi connectivity index (χ1) is 7.75. The van der Waals surface area contributed by atoms with Crippen LogP contribution in [0.5, 0.6) is 0 Å². The van der Waals surface area contributed by atoms with Crippen LogP contribution in [0.2, 0.25) is 0 Å². The molecule has 4 unspecified atom stereocenters. The van der Waals surface area contributed by atoms with Crippen LogP contribution in [-0.4, -0.2) is 38.4 Å². The number of ether oxygens (including phenoxy) is 1. The maximum absolute atomic E-state index is 5.57. The average molecular weight is 226 g/mol. The van der Waals surface area contributed by atoms with E-state index in [2.05, 4.69) is 24.5 Å². The van der Waals surface area contributed by atoms with Gasteiger partial charge in [-0.25, -0.2) is 0 Å². The summed E-state index contributed by atoms with van der Waals surface area (Å²) in [5.74, 6) is 1.61. The first kappa shape index (κ1) is 12.3. The highest BCUT2D eigenvalue weighted by Crippen LogP contribution is 2.19. The highest BCUT2D eigenvalue weighted by molar-refractivity contribution is 4.80. The quantitative estimate of drug-likeness (QED) is 0.760. The fourth-order valence-corrected chi connectivity index (χ4v) is 2.86. The molecule has 0 aliphatic carbocycles. The van der Waals surface area contributed by atoms with Gasteiger partial charge in [-0.1, -0.05) is 6.92 Å². The van der Waals surface area contributed by atoms with Gasteiger partial charge >= 0.3 is 0 Å². The lowest BCUT2D eigenvalue weighted by atomic mass is 9.94. The second-order valence-corrected chi connectivity index (χ2v) is 5.56. The van der Waals surface area contributed by atoms with Gasteiger partial charge in [0.2, 0.25) is 0 Å². The highest BCUT2D eigenvalue weighted by Gasteiger charge is 2.24. The fraction of sp³-hybridized carbons (Fsp3) is 1.00. The maximum Gasteiger partial charge on any atom is 0.0588 e. The van der Waals surface area contributed by atoms with Gasteiger partial charge in [-0.15, -0.1) is 0 Å². The van der Waals surface area contributed by atoms with Crippen LogP contribution < -0.4 is 10.6 Å². The molecule has 2 aliphatic rings. The predicted molar refractivity (Wildman–Crippen MR) is 66.6 cm³/mol. The van der Waals surface area contributed by atoms with Gasteiger partial charge in [-0.05, 0) is 44.6 Å². The molecular formula is C13H26N2O. The number of rotatable bonds is 4. The van der Waals surface area contributed by atoms with Crippen LogP contribution in [0.3, 0.4) is 0 Å². The van der Waals surface area contributed by atoms with E-state index in [-0.39, 0.29) is 0 Å². The zero-order valence-electron chi connectivity index (χ0n) is 10.7. The summed E-state index contributed by atoms with van der Waals surface area (Å²) >= 11 is 0. The molecule has 0 amide bonds. The van der Waals surface area contributed by atoms with Gasteiger partial charge in [0.1, 0.15) is 0 Å². The lowest BCUT2D eigenvalue weighted by molar-refractivity contribution is 0.105. The van der Waals surface area contributed by atoms with Crippen LogP contribution in [0.1, 0.15) is 33.1 Å². The number of hydrogen-bond acceptors (Lipinski definition) is 3. The van der Waals surface area contributed by atoms with E-state index < -0.39 is 0 Å². The smallest absolute Gasteiger partial charge is 0.0588 e. The van der Waals surface area contributed by atoms with E-state index in [1.54, 1.807) is 0 Å². The fourth-order valence-electron chi connectivity index (χ4n) is 2.86. The van der Waals surface area contributed by atoms with E-state index in [1.165, 1.54) is 25.8 Å². The summed E-state index contributed by atoms with van der Waals surface area (Å²) in [5.41, 5.74) is 0. The van der Waals surface area contributed by atoms with Crippen LogP contribution in [0.25, 0.3) is 0 Å². The zero-order valence-corrected chi connectivity index (χ0v) is 10.7. The van der Waals surface area contributed by atoms with Gasteiger partial charge in [-0.3, -0.25) is 0 Å². The summed E-state index contributed by atoms with van der Waals surface area (Å²) in [4.78, 5) is 0. The lowest BCUT2D eigenvalue weighted by Gasteiger charge is -2.29. The van der Waals surface area contributed by atoms with Gasteiger partial charge in [0, 0.05) is 25.7 Å². The minimum atomic E-state index is 0.450. The van der Waals surface area contributed by atoms with Crippen molar-refractivity contribution in [3.8, 4) is 0 Å². The van der Waals surface area contributed by atoms with Crippen molar-refractivity contribution < 1.29 is 4.74 Å². The Labute approximate surface area is 99.3 Å². The Morgan fingerprint density at radius 2 is 2.12 bits per heavy atom. The summed E-state index contributed by atoms with van der Waals surface area (Å²) in [6.07, 6.45) is 4.34. The van der Waals surface area contributed by atoms with Crippen LogP contribution in [0, 0.1) is 11.8 Å². The Morgan fingerprint density at radius 1 is 1.25 bits per heavy atom. The molecule has 0 spiro atoms. The summed E-state index contributed by atoms with van der Waals surface area (Å²) in [6, 6.07) is 0.682. The van der Waals surface area contributed by atoms with Crippen molar-refractivity contribution in [1.29, 1.82) is 0 Å². The molecule has 0 aromatic heterocycles. The van der Waals surface area contributed by atoms with Crippen molar-refractivity contribution in [3.05, 3.63) is 0 Å². The molecule has 0 bridgehead atoms. The normalized spacial score (nSPS) is 40.1.